The maximum atomic E-state index is 12.7. The van der Waals surface area contributed by atoms with E-state index in [0.29, 0.717) is 12.4 Å². The highest BCUT2D eigenvalue weighted by molar-refractivity contribution is 6.00. The molecule has 1 fully saturated rings. The Kier molecular flexibility index (Phi) is 5.42. The number of nitrogens with one attached hydrogen (secondary N) is 1. The van der Waals surface area contributed by atoms with Gasteiger partial charge in [0.2, 0.25) is 11.8 Å². The molecule has 154 valence electrons. The quantitative estimate of drug-likeness (QED) is 0.668. The molecule has 0 aliphatic carbocycles. The van der Waals surface area contributed by atoms with Gasteiger partial charge in [-0.15, -0.1) is 5.10 Å². The van der Waals surface area contributed by atoms with Gasteiger partial charge in [-0.25, -0.2) is 0 Å². The Morgan fingerprint density at radius 2 is 1.83 bits per heavy atom. The van der Waals surface area contributed by atoms with E-state index in [1.165, 1.54) is 0 Å². The first kappa shape index (κ1) is 19.6. The average Bonchev–Trinajstić information content (AvgIpc) is 3.39. The first-order valence-electron chi connectivity index (χ1n) is 9.61. The Morgan fingerprint density at radius 3 is 2.53 bits per heavy atom. The van der Waals surface area contributed by atoms with Gasteiger partial charge >= 0.3 is 0 Å². The van der Waals surface area contributed by atoms with Crippen LogP contribution in [0.2, 0.25) is 0 Å². The summed E-state index contributed by atoms with van der Waals surface area (Å²) in [5, 5.41) is 14.5. The molecule has 9 nitrogen and oxygen atoms in total. The molecule has 0 spiro atoms. The predicted molar refractivity (Wildman–Crippen MR) is 109 cm³/mol. The van der Waals surface area contributed by atoms with E-state index in [4.69, 9.17) is 4.74 Å². The van der Waals surface area contributed by atoms with Crippen LogP contribution in [0.4, 0.5) is 5.69 Å². The van der Waals surface area contributed by atoms with Crippen molar-refractivity contribution in [3.8, 4) is 11.4 Å². The van der Waals surface area contributed by atoms with Crippen LogP contribution >= 0.6 is 0 Å². The maximum absolute atomic E-state index is 12.7. The van der Waals surface area contributed by atoms with Crippen LogP contribution in [0.25, 0.3) is 5.69 Å². The number of rotatable bonds is 6. The van der Waals surface area contributed by atoms with Crippen LogP contribution in [-0.2, 0) is 16.1 Å². The lowest BCUT2D eigenvalue weighted by Gasteiger charge is -2.17. The normalized spacial score (nSPS) is 16.0. The molecule has 2 aromatic carbocycles. The van der Waals surface area contributed by atoms with E-state index < -0.39 is 5.92 Å². The number of ether oxygens (including phenoxy) is 1. The number of amides is 2. The molecule has 0 bridgehead atoms. The fourth-order valence-corrected chi connectivity index (χ4v) is 3.41. The number of aromatic nitrogens is 4. The second-order valence-corrected chi connectivity index (χ2v) is 7.16. The van der Waals surface area contributed by atoms with Crippen molar-refractivity contribution in [1.82, 2.24) is 25.5 Å². The number of benzene rings is 2. The summed E-state index contributed by atoms with van der Waals surface area (Å²) in [6, 6.07) is 15.0. The minimum Gasteiger partial charge on any atom is -0.497 e. The second kappa shape index (κ2) is 8.32. The van der Waals surface area contributed by atoms with Crippen molar-refractivity contribution in [2.45, 2.75) is 19.9 Å². The van der Waals surface area contributed by atoms with Gasteiger partial charge < -0.3 is 15.0 Å². The SMILES string of the molecule is COc1ccc(-n2nnnc2CNC(=O)C2CC(=O)N(c3ccc(C)cc3)C2)cc1. The lowest BCUT2D eigenvalue weighted by molar-refractivity contribution is -0.126. The topological polar surface area (TPSA) is 102 Å². The number of carbonyl (C=O) groups is 2. The highest BCUT2D eigenvalue weighted by Gasteiger charge is 2.35. The smallest absolute Gasteiger partial charge is 0.227 e. The predicted octanol–water partition coefficient (Wildman–Crippen LogP) is 1.65. The lowest BCUT2D eigenvalue weighted by Crippen LogP contribution is -2.33. The number of aryl methyl sites for hydroxylation is 1. The van der Waals surface area contributed by atoms with Gasteiger partial charge in [-0.2, -0.15) is 4.68 Å². The summed E-state index contributed by atoms with van der Waals surface area (Å²) in [7, 11) is 1.60. The minimum absolute atomic E-state index is 0.0536. The van der Waals surface area contributed by atoms with Gasteiger partial charge in [0, 0.05) is 18.7 Å². The molecule has 1 N–H and O–H groups in total. The fourth-order valence-electron chi connectivity index (χ4n) is 3.41. The Morgan fingerprint density at radius 1 is 1.13 bits per heavy atom. The van der Waals surface area contributed by atoms with Crippen LogP contribution in [0, 0.1) is 12.8 Å². The molecule has 4 rings (SSSR count). The van der Waals surface area contributed by atoms with E-state index in [-0.39, 0.29) is 24.8 Å². The van der Waals surface area contributed by atoms with E-state index >= 15 is 0 Å². The summed E-state index contributed by atoms with van der Waals surface area (Å²) in [6.07, 6.45) is 0.184. The van der Waals surface area contributed by atoms with Crippen LogP contribution in [0.3, 0.4) is 0 Å². The Hall–Kier alpha value is -3.75. The van der Waals surface area contributed by atoms with Crippen LogP contribution < -0.4 is 15.0 Å². The molecular weight excluding hydrogens is 384 g/mol. The Bertz CT molecular complexity index is 1050. The van der Waals surface area contributed by atoms with Crippen molar-refractivity contribution >= 4 is 17.5 Å². The third-order valence-corrected chi connectivity index (χ3v) is 5.11. The van der Waals surface area contributed by atoms with Crippen LogP contribution in [0.5, 0.6) is 5.75 Å². The van der Waals surface area contributed by atoms with E-state index in [1.54, 1.807) is 16.7 Å². The van der Waals surface area contributed by atoms with Crippen LogP contribution in [-0.4, -0.2) is 45.7 Å². The van der Waals surface area contributed by atoms with Gasteiger partial charge in [-0.1, -0.05) is 17.7 Å². The first-order valence-corrected chi connectivity index (χ1v) is 9.61. The van der Waals surface area contributed by atoms with Gasteiger partial charge in [0.15, 0.2) is 5.82 Å². The number of tetrazole rings is 1. The van der Waals surface area contributed by atoms with E-state index in [9.17, 15) is 9.59 Å². The number of anilines is 1. The van der Waals surface area contributed by atoms with Crippen molar-refractivity contribution in [3.63, 3.8) is 0 Å². The summed E-state index contributed by atoms with van der Waals surface area (Å²) >= 11 is 0. The monoisotopic (exact) mass is 406 g/mol. The van der Waals surface area contributed by atoms with E-state index in [2.05, 4.69) is 20.8 Å². The van der Waals surface area contributed by atoms with E-state index in [0.717, 1.165) is 22.7 Å². The third kappa shape index (κ3) is 4.00. The zero-order valence-electron chi connectivity index (χ0n) is 16.8. The number of hydrogen-bond donors (Lipinski definition) is 1. The number of nitrogens with zero attached hydrogens (tertiary/aromatic N) is 5. The van der Waals surface area contributed by atoms with Gasteiger partial charge in [0.25, 0.3) is 0 Å². The average molecular weight is 406 g/mol. The maximum Gasteiger partial charge on any atom is 0.227 e. The second-order valence-electron chi connectivity index (χ2n) is 7.16. The first-order chi connectivity index (χ1) is 14.5. The molecule has 2 amide bonds. The molecule has 30 heavy (non-hydrogen) atoms. The van der Waals surface area contributed by atoms with Crippen molar-refractivity contribution in [3.05, 3.63) is 59.9 Å². The molecular formula is C21H22N6O3. The Balaban J connectivity index is 1.39. The molecule has 3 aromatic rings. The number of carbonyl (C=O) groups excluding carboxylic acids is 2. The van der Waals surface area contributed by atoms with Crippen LogP contribution in [0.15, 0.2) is 48.5 Å². The lowest BCUT2D eigenvalue weighted by atomic mass is 10.1. The highest BCUT2D eigenvalue weighted by Crippen LogP contribution is 2.25. The zero-order valence-corrected chi connectivity index (χ0v) is 16.8. The van der Waals surface area contributed by atoms with E-state index in [1.807, 2.05) is 55.5 Å². The van der Waals surface area contributed by atoms with Gasteiger partial charge in [-0.05, 0) is 53.7 Å². The molecule has 1 unspecified atom stereocenters. The molecule has 1 aliphatic rings. The molecule has 1 aromatic heterocycles. The van der Waals surface area contributed by atoms with Gasteiger partial charge in [-0.3, -0.25) is 9.59 Å². The van der Waals surface area contributed by atoms with Crippen molar-refractivity contribution in [2.75, 3.05) is 18.6 Å². The van der Waals surface area contributed by atoms with Crippen molar-refractivity contribution < 1.29 is 14.3 Å². The fraction of sp³-hybridized carbons (Fsp3) is 0.286. The largest absolute Gasteiger partial charge is 0.497 e. The zero-order chi connectivity index (χ0) is 21.1. The molecule has 9 heteroatoms. The summed E-state index contributed by atoms with van der Waals surface area (Å²) in [4.78, 5) is 26.7. The van der Waals surface area contributed by atoms with Crippen molar-refractivity contribution in [1.29, 1.82) is 0 Å². The molecule has 2 heterocycles. The molecule has 0 radical (unpaired) electrons. The third-order valence-electron chi connectivity index (χ3n) is 5.11. The summed E-state index contributed by atoms with van der Waals surface area (Å²) in [6.45, 7) is 2.51. The highest BCUT2D eigenvalue weighted by atomic mass is 16.5. The van der Waals surface area contributed by atoms with Crippen molar-refractivity contribution in [2.24, 2.45) is 5.92 Å². The number of methoxy groups -OCH3 is 1. The minimum atomic E-state index is -0.413. The summed E-state index contributed by atoms with van der Waals surface area (Å²) < 4.78 is 6.71. The Labute approximate surface area is 173 Å². The molecule has 1 aliphatic heterocycles. The summed E-state index contributed by atoms with van der Waals surface area (Å²) in [5.74, 6) is 0.562. The van der Waals surface area contributed by atoms with Gasteiger partial charge in [0.05, 0.1) is 25.3 Å². The molecule has 1 saturated heterocycles. The van der Waals surface area contributed by atoms with Crippen LogP contribution in [0.1, 0.15) is 17.8 Å². The molecule has 1 atom stereocenters. The number of hydrogen-bond acceptors (Lipinski definition) is 6. The standard InChI is InChI=1S/C21H22N6O3/c1-14-3-5-16(6-4-14)26-13-15(11-20(26)28)21(29)22-12-19-23-24-25-27(19)17-7-9-18(30-2)10-8-17/h3-10,15H,11-13H2,1-2H3,(H,22,29). The molecule has 0 saturated carbocycles. The van der Waals surface area contributed by atoms with Gasteiger partial charge in [0.1, 0.15) is 5.75 Å². The summed E-state index contributed by atoms with van der Waals surface area (Å²) in [5.41, 5.74) is 2.69.